The molecule has 0 heterocycles. The SMILES string of the molecule is CCc1cccc(OCC(=O)NCCN)c1. The Morgan fingerprint density at radius 3 is 3.00 bits per heavy atom. The number of carbonyl (C=O) groups is 1. The third kappa shape index (κ3) is 4.31. The van der Waals surface area contributed by atoms with Crippen molar-refractivity contribution in [2.45, 2.75) is 13.3 Å². The van der Waals surface area contributed by atoms with Crippen LogP contribution in [-0.4, -0.2) is 25.6 Å². The minimum Gasteiger partial charge on any atom is -0.484 e. The average molecular weight is 222 g/mol. The predicted molar refractivity (Wildman–Crippen MR) is 63.4 cm³/mol. The second-order valence-electron chi connectivity index (χ2n) is 3.43. The normalized spacial score (nSPS) is 9.88. The molecule has 0 aliphatic rings. The summed E-state index contributed by atoms with van der Waals surface area (Å²) in [7, 11) is 0. The number of amides is 1. The summed E-state index contributed by atoms with van der Waals surface area (Å²) in [5.74, 6) is 0.578. The summed E-state index contributed by atoms with van der Waals surface area (Å²) < 4.78 is 5.35. The number of hydrogen-bond acceptors (Lipinski definition) is 3. The molecule has 0 bridgehead atoms. The van der Waals surface area contributed by atoms with Crippen LogP contribution in [0.5, 0.6) is 5.75 Å². The summed E-state index contributed by atoms with van der Waals surface area (Å²) in [6.45, 7) is 3.04. The highest BCUT2D eigenvalue weighted by Gasteiger charge is 2.01. The first-order chi connectivity index (χ1) is 7.76. The van der Waals surface area contributed by atoms with Crippen molar-refractivity contribution in [3.05, 3.63) is 29.8 Å². The molecule has 0 fully saturated rings. The van der Waals surface area contributed by atoms with Gasteiger partial charge in [0.25, 0.3) is 5.91 Å². The molecule has 0 aromatic heterocycles. The molecule has 0 unspecified atom stereocenters. The summed E-state index contributed by atoms with van der Waals surface area (Å²) in [5, 5.41) is 2.64. The number of benzene rings is 1. The first-order valence-electron chi connectivity index (χ1n) is 5.44. The highest BCUT2D eigenvalue weighted by Crippen LogP contribution is 2.13. The molecular formula is C12H18N2O2. The van der Waals surface area contributed by atoms with Gasteiger partial charge in [0, 0.05) is 13.1 Å². The van der Waals surface area contributed by atoms with E-state index in [9.17, 15) is 4.79 Å². The topological polar surface area (TPSA) is 64.3 Å². The van der Waals surface area contributed by atoms with Crippen molar-refractivity contribution in [2.24, 2.45) is 5.73 Å². The quantitative estimate of drug-likeness (QED) is 0.744. The smallest absolute Gasteiger partial charge is 0.257 e. The fraction of sp³-hybridized carbons (Fsp3) is 0.417. The van der Waals surface area contributed by atoms with Gasteiger partial charge in [-0.3, -0.25) is 4.79 Å². The lowest BCUT2D eigenvalue weighted by molar-refractivity contribution is -0.123. The van der Waals surface area contributed by atoms with Crippen LogP contribution < -0.4 is 15.8 Å². The fourth-order valence-corrected chi connectivity index (χ4v) is 1.27. The maximum Gasteiger partial charge on any atom is 0.257 e. The van der Waals surface area contributed by atoms with E-state index in [1.54, 1.807) is 0 Å². The number of ether oxygens (including phenoxy) is 1. The van der Waals surface area contributed by atoms with Crippen molar-refractivity contribution in [3.63, 3.8) is 0 Å². The molecule has 1 rings (SSSR count). The van der Waals surface area contributed by atoms with Gasteiger partial charge in [-0.2, -0.15) is 0 Å². The molecule has 88 valence electrons. The Hall–Kier alpha value is -1.55. The molecule has 0 aliphatic heterocycles. The van der Waals surface area contributed by atoms with Gasteiger partial charge in [0.15, 0.2) is 6.61 Å². The van der Waals surface area contributed by atoms with Crippen molar-refractivity contribution in [2.75, 3.05) is 19.7 Å². The third-order valence-corrected chi connectivity index (χ3v) is 2.14. The monoisotopic (exact) mass is 222 g/mol. The molecule has 3 N–H and O–H groups in total. The van der Waals surface area contributed by atoms with E-state index < -0.39 is 0 Å². The molecule has 0 aliphatic carbocycles. The van der Waals surface area contributed by atoms with Gasteiger partial charge in [0.1, 0.15) is 5.75 Å². The van der Waals surface area contributed by atoms with Crippen LogP contribution >= 0.6 is 0 Å². The number of nitrogens with two attached hydrogens (primary N) is 1. The first kappa shape index (κ1) is 12.5. The molecule has 0 spiro atoms. The number of rotatable bonds is 6. The van der Waals surface area contributed by atoms with E-state index in [0.29, 0.717) is 13.1 Å². The van der Waals surface area contributed by atoms with E-state index in [-0.39, 0.29) is 12.5 Å². The molecular weight excluding hydrogens is 204 g/mol. The second kappa shape index (κ2) is 6.85. The van der Waals surface area contributed by atoms with E-state index >= 15 is 0 Å². The highest BCUT2D eigenvalue weighted by atomic mass is 16.5. The Kier molecular flexibility index (Phi) is 5.36. The van der Waals surface area contributed by atoms with Crippen LogP contribution in [0.3, 0.4) is 0 Å². The van der Waals surface area contributed by atoms with Gasteiger partial charge in [-0.15, -0.1) is 0 Å². The second-order valence-corrected chi connectivity index (χ2v) is 3.43. The maximum absolute atomic E-state index is 11.2. The van der Waals surface area contributed by atoms with Crippen molar-refractivity contribution in [3.8, 4) is 5.75 Å². The summed E-state index contributed by atoms with van der Waals surface area (Å²) in [4.78, 5) is 11.2. The van der Waals surface area contributed by atoms with Crippen molar-refractivity contribution in [1.29, 1.82) is 0 Å². The zero-order valence-electron chi connectivity index (χ0n) is 9.53. The van der Waals surface area contributed by atoms with Crippen LogP contribution in [-0.2, 0) is 11.2 Å². The average Bonchev–Trinajstić information content (AvgIpc) is 2.34. The van der Waals surface area contributed by atoms with Gasteiger partial charge in [-0.05, 0) is 24.1 Å². The van der Waals surface area contributed by atoms with Gasteiger partial charge in [0.2, 0.25) is 0 Å². The number of aryl methyl sites for hydroxylation is 1. The summed E-state index contributed by atoms with van der Waals surface area (Å²) >= 11 is 0. The Bertz CT molecular complexity index is 340. The Morgan fingerprint density at radius 1 is 1.50 bits per heavy atom. The summed E-state index contributed by atoms with van der Waals surface area (Å²) in [6.07, 6.45) is 0.955. The van der Waals surface area contributed by atoms with Gasteiger partial charge in [-0.1, -0.05) is 19.1 Å². The van der Waals surface area contributed by atoms with Crippen molar-refractivity contribution >= 4 is 5.91 Å². The number of hydrogen-bond donors (Lipinski definition) is 2. The van der Waals surface area contributed by atoms with E-state index in [1.807, 2.05) is 24.3 Å². The minimum atomic E-state index is -0.146. The molecule has 1 aromatic rings. The van der Waals surface area contributed by atoms with E-state index in [0.717, 1.165) is 12.2 Å². The van der Waals surface area contributed by atoms with Crippen LogP contribution in [0, 0.1) is 0 Å². The van der Waals surface area contributed by atoms with Crippen LogP contribution in [0.25, 0.3) is 0 Å². The standard InChI is InChI=1S/C12H18N2O2/c1-2-10-4-3-5-11(8-10)16-9-12(15)14-7-6-13/h3-5,8H,2,6-7,9,13H2,1H3,(H,14,15). The first-order valence-corrected chi connectivity index (χ1v) is 5.44. The van der Waals surface area contributed by atoms with Crippen molar-refractivity contribution < 1.29 is 9.53 Å². The van der Waals surface area contributed by atoms with Crippen molar-refractivity contribution in [1.82, 2.24) is 5.32 Å². The lowest BCUT2D eigenvalue weighted by Crippen LogP contribution is -2.32. The van der Waals surface area contributed by atoms with Crippen LogP contribution in [0.15, 0.2) is 24.3 Å². The molecule has 4 nitrogen and oxygen atoms in total. The molecule has 4 heteroatoms. The molecule has 0 radical (unpaired) electrons. The highest BCUT2D eigenvalue weighted by molar-refractivity contribution is 5.77. The summed E-state index contributed by atoms with van der Waals surface area (Å²) in [5.41, 5.74) is 6.46. The largest absolute Gasteiger partial charge is 0.484 e. The molecule has 1 amide bonds. The lowest BCUT2D eigenvalue weighted by Gasteiger charge is -2.07. The van der Waals surface area contributed by atoms with Crippen LogP contribution in [0.1, 0.15) is 12.5 Å². The third-order valence-electron chi connectivity index (χ3n) is 2.14. The lowest BCUT2D eigenvalue weighted by atomic mass is 10.2. The number of carbonyl (C=O) groups excluding carboxylic acids is 1. The summed E-state index contributed by atoms with van der Waals surface area (Å²) in [6, 6.07) is 7.74. The van der Waals surface area contributed by atoms with Crippen LogP contribution in [0.4, 0.5) is 0 Å². The minimum absolute atomic E-state index is 0.0349. The Morgan fingerprint density at radius 2 is 2.31 bits per heavy atom. The molecule has 16 heavy (non-hydrogen) atoms. The van der Waals surface area contributed by atoms with E-state index in [4.69, 9.17) is 10.5 Å². The fourth-order valence-electron chi connectivity index (χ4n) is 1.27. The van der Waals surface area contributed by atoms with Gasteiger partial charge in [-0.25, -0.2) is 0 Å². The predicted octanol–water partition coefficient (Wildman–Crippen LogP) is 0.703. The zero-order valence-corrected chi connectivity index (χ0v) is 9.53. The van der Waals surface area contributed by atoms with E-state index in [1.165, 1.54) is 5.56 Å². The molecule has 0 saturated heterocycles. The van der Waals surface area contributed by atoms with Gasteiger partial charge >= 0.3 is 0 Å². The van der Waals surface area contributed by atoms with Gasteiger partial charge in [0.05, 0.1) is 0 Å². The van der Waals surface area contributed by atoms with E-state index in [2.05, 4.69) is 12.2 Å². The maximum atomic E-state index is 11.2. The van der Waals surface area contributed by atoms with Gasteiger partial charge < -0.3 is 15.8 Å². The Labute approximate surface area is 95.8 Å². The molecule has 0 saturated carbocycles. The van der Waals surface area contributed by atoms with Crippen LogP contribution in [0.2, 0.25) is 0 Å². The Balaban J connectivity index is 2.38. The number of nitrogens with one attached hydrogen (secondary N) is 1. The zero-order chi connectivity index (χ0) is 11.8. The molecule has 0 atom stereocenters. The molecule has 1 aromatic carbocycles.